The van der Waals surface area contributed by atoms with Gasteiger partial charge < -0.3 is 15.3 Å². The topological polar surface area (TPSA) is 69.6 Å². The van der Waals surface area contributed by atoms with E-state index in [4.69, 9.17) is 0 Å². The van der Waals surface area contributed by atoms with Crippen molar-refractivity contribution < 1.29 is 19.1 Å². The first-order chi connectivity index (χ1) is 9.97. The van der Waals surface area contributed by atoms with Crippen molar-refractivity contribution in [1.29, 1.82) is 0 Å². The molecule has 5 nitrogen and oxygen atoms in total. The van der Waals surface area contributed by atoms with Crippen LogP contribution in [0, 0.1) is 11.7 Å². The lowest BCUT2D eigenvalue weighted by Crippen LogP contribution is -2.39. The molecule has 0 saturated carbocycles. The largest absolute Gasteiger partial charge is 0.393 e. The van der Waals surface area contributed by atoms with E-state index < -0.39 is 17.8 Å². The van der Waals surface area contributed by atoms with E-state index in [1.807, 2.05) is 0 Å². The third kappa shape index (κ3) is 4.01. The van der Waals surface area contributed by atoms with Crippen LogP contribution in [0.1, 0.15) is 23.7 Å². The molecule has 1 aromatic rings. The van der Waals surface area contributed by atoms with Gasteiger partial charge in [0, 0.05) is 24.6 Å². The van der Waals surface area contributed by atoms with Gasteiger partial charge in [-0.25, -0.2) is 4.39 Å². The lowest BCUT2D eigenvalue weighted by atomic mass is 10.0. The molecule has 0 radical (unpaired) electrons. The Kier molecular flexibility index (Phi) is 4.90. The second-order valence-corrected chi connectivity index (χ2v) is 5.32. The van der Waals surface area contributed by atoms with E-state index in [2.05, 4.69) is 5.32 Å². The molecule has 21 heavy (non-hydrogen) atoms. The van der Waals surface area contributed by atoms with Crippen molar-refractivity contribution in [1.82, 2.24) is 10.2 Å². The Bertz CT molecular complexity index is 533. The maximum atomic E-state index is 13.0. The number of likely N-dealkylation sites (tertiary alicyclic amines) is 1. The Balaban J connectivity index is 1.83. The van der Waals surface area contributed by atoms with Crippen LogP contribution in [0.5, 0.6) is 0 Å². The van der Waals surface area contributed by atoms with Crippen molar-refractivity contribution in [3.8, 4) is 0 Å². The van der Waals surface area contributed by atoms with Gasteiger partial charge in [-0.1, -0.05) is 6.07 Å². The molecule has 0 aliphatic carbocycles. The van der Waals surface area contributed by atoms with E-state index in [1.54, 1.807) is 11.8 Å². The molecule has 1 aromatic carbocycles. The predicted molar refractivity (Wildman–Crippen MR) is 75.1 cm³/mol. The minimum Gasteiger partial charge on any atom is -0.393 e. The molecule has 1 heterocycles. The van der Waals surface area contributed by atoms with Crippen molar-refractivity contribution >= 4 is 11.8 Å². The number of hydrogen-bond acceptors (Lipinski definition) is 3. The number of carbonyl (C=O) groups excluding carboxylic acids is 2. The monoisotopic (exact) mass is 294 g/mol. The number of hydrogen-bond donors (Lipinski definition) is 2. The van der Waals surface area contributed by atoms with Crippen molar-refractivity contribution in [2.24, 2.45) is 5.92 Å². The third-order valence-electron chi connectivity index (χ3n) is 3.75. The number of nitrogens with one attached hydrogen (secondary N) is 1. The number of benzene rings is 1. The summed E-state index contributed by atoms with van der Waals surface area (Å²) in [6.45, 7) is 2.68. The van der Waals surface area contributed by atoms with Gasteiger partial charge in [-0.15, -0.1) is 0 Å². The van der Waals surface area contributed by atoms with Crippen molar-refractivity contribution in [3.63, 3.8) is 0 Å². The van der Waals surface area contributed by atoms with E-state index in [9.17, 15) is 19.1 Å². The van der Waals surface area contributed by atoms with Crippen molar-refractivity contribution in [3.05, 3.63) is 35.6 Å². The van der Waals surface area contributed by atoms with E-state index in [1.165, 1.54) is 18.2 Å². The van der Waals surface area contributed by atoms with Gasteiger partial charge in [0.05, 0.1) is 12.6 Å². The second-order valence-electron chi connectivity index (χ2n) is 5.32. The van der Waals surface area contributed by atoms with E-state index >= 15 is 0 Å². The van der Waals surface area contributed by atoms with Gasteiger partial charge in [0.25, 0.3) is 5.91 Å². The van der Waals surface area contributed by atoms with E-state index in [0.29, 0.717) is 13.1 Å². The first-order valence-corrected chi connectivity index (χ1v) is 6.97. The molecule has 114 valence electrons. The molecule has 2 atom stereocenters. The van der Waals surface area contributed by atoms with Crippen molar-refractivity contribution in [2.45, 2.75) is 19.4 Å². The molecule has 1 aliphatic rings. The summed E-state index contributed by atoms with van der Waals surface area (Å²) in [7, 11) is 0. The van der Waals surface area contributed by atoms with Gasteiger partial charge in [-0.05, 0) is 31.5 Å². The molecule has 2 amide bonds. The van der Waals surface area contributed by atoms with Gasteiger partial charge in [-0.3, -0.25) is 9.59 Å². The number of aliphatic hydroxyl groups is 1. The summed E-state index contributed by atoms with van der Waals surface area (Å²) in [4.78, 5) is 25.4. The molecule has 2 unspecified atom stereocenters. The average molecular weight is 294 g/mol. The Hall–Kier alpha value is -1.95. The number of nitrogens with zero attached hydrogens (tertiary/aromatic N) is 1. The standard InChI is InChI=1S/C15H19FN2O3/c1-10(19)12-5-6-18(9-12)14(20)8-17-15(21)11-3-2-4-13(16)7-11/h2-4,7,10,12,19H,5-6,8-9H2,1H3,(H,17,21). The van der Waals surface area contributed by atoms with Crippen LogP contribution < -0.4 is 5.32 Å². The van der Waals surface area contributed by atoms with Crippen LogP contribution in [0.4, 0.5) is 4.39 Å². The Morgan fingerprint density at radius 3 is 2.90 bits per heavy atom. The number of halogens is 1. The maximum Gasteiger partial charge on any atom is 0.251 e. The summed E-state index contributed by atoms with van der Waals surface area (Å²) < 4.78 is 13.0. The Morgan fingerprint density at radius 1 is 1.52 bits per heavy atom. The molecule has 1 saturated heterocycles. The Labute approximate surface area is 122 Å². The van der Waals surface area contributed by atoms with Gasteiger partial charge >= 0.3 is 0 Å². The molecule has 0 spiro atoms. The zero-order valence-electron chi connectivity index (χ0n) is 11.9. The lowest BCUT2D eigenvalue weighted by Gasteiger charge is -2.18. The fourth-order valence-electron chi connectivity index (χ4n) is 2.41. The van der Waals surface area contributed by atoms with Crippen LogP contribution in [0.2, 0.25) is 0 Å². The van der Waals surface area contributed by atoms with Crippen molar-refractivity contribution in [2.75, 3.05) is 19.6 Å². The van der Waals surface area contributed by atoms with Crippen LogP contribution >= 0.6 is 0 Å². The highest BCUT2D eigenvalue weighted by molar-refractivity contribution is 5.96. The van der Waals surface area contributed by atoms with Crippen LogP contribution in [-0.4, -0.2) is 47.6 Å². The van der Waals surface area contributed by atoms with Crippen LogP contribution in [0.3, 0.4) is 0 Å². The van der Waals surface area contributed by atoms with Gasteiger partial charge in [0.1, 0.15) is 5.82 Å². The fourth-order valence-corrected chi connectivity index (χ4v) is 2.41. The van der Waals surface area contributed by atoms with Gasteiger partial charge in [0.15, 0.2) is 0 Å². The smallest absolute Gasteiger partial charge is 0.251 e. The SMILES string of the molecule is CC(O)C1CCN(C(=O)CNC(=O)c2cccc(F)c2)C1. The van der Waals surface area contributed by atoms with Gasteiger partial charge in [-0.2, -0.15) is 0 Å². The highest BCUT2D eigenvalue weighted by atomic mass is 19.1. The summed E-state index contributed by atoms with van der Waals surface area (Å²) in [5, 5.41) is 12.0. The first-order valence-electron chi connectivity index (χ1n) is 6.97. The van der Waals surface area contributed by atoms with E-state index in [-0.39, 0.29) is 23.9 Å². The highest BCUT2D eigenvalue weighted by Crippen LogP contribution is 2.19. The summed E-state index contributed by atoms with van der Waals surface area (Å²) in [5.41, 5.74) is 0.186. The second kappa shape index (κ2) is 6.67. The number of rotatable bonds is 4. The molecular weight excluding hydrogens is 275 g/mol. The fraction of sp³-hybridized carbons (Fsp3) is 0.467. The normalized spacial score (nSPS) is 19.4. The molecule has 6 heteroatoms. The summed E-state index contributed by atoms with van der Waals surface area (Å²) in [5.74, 6) is -1.07. The predicted octanol–water partition coefficient (Wildman–Crippen LogP) is 0.785. The Morgan fingerprint density at radius 2 is 2.29 bits per heavy atom. The maximum absolute atomic E-state index is 13.0. The van der Waals surface area contributed by atoms with Gasteiger partial charge in [0.2, 0.25) is 5.91 Å². The average Bonchev–Trinajstić information content (AvgIpc) is 2.94. The molecule has 0 bridgehead atoms. The van der Waals surface area contributed by atoms with Crippen LogP contribution in [-0.2, 0) is 4.79 Å². The third-order valence-corrected chi connectivity index (χ3v) is 3.75. The number of carbonyl (C=O) groups is 2. The minimum atomic E-state index is -0.492. The molecule has 1 fully saturated rings. The molecule has 1 aliphatic heterocycles. The summed E-state index contributed by atoms with van der Waals surface area (Å²) in [6, 6.07) is 5.31. The molecule has 0 aromatic heterocycles. The van der Waals surface area contributed by atoms with Crippen LogP contribution in [0.25, 0.3) is 0 Å². The summed E-state index contributed by atoms with van der Waals surface area (Å²) >= 11 is 0. The zero-order chi connectivity index (χ0) is 15.4. The zero-order valence-corrected chi connectivity index (χ0v) is 11.9. The quantitative estimate of drug-likeness (QED) is 0.862. The number of aliphatic hydroxyl groups excluding tert-OH is 1. The van der Waals surface area contributed by atoms with E-state index in [0.717, 1.165) is 12.5 Å². The summed E-state index contributed by atoms with van der Waals surface area (Å²) in [6.07, 6.45) is 0.325. The number of amides is 2. The van der Waals surface area contributed by atoms with Crippen LogP contribution in [0.15, 0.2) is 24.3 Å². The minimum absolute atomic E-state index is 0.0906. The molecule has 2 rings (SSSR count). The highest BCUT2D eigenvalue weighted by Gasteiger charge is 2.28. The first kappa shape index (κ1) is 15.4. The lowest BCUT2D eigenvalue weighted by molar-refractivity contribution is -0.129. The molecule has 2 N–H and O–H groups in total. The molecular formula is C15H19FN2O3.